The van der Waals surface area contributed by atoms with E-state index >= 15 is 0 Å². The predicted octanol–water partition coefficient (Wildman–Crippen LogP) is 4.29. The van der Waals surface area contributed by atoms with Crippen LogP contribution in [-0.2, 0) is 20.2 Å². The van der Waals surface area contributed by atoms with Gasteiger partial charge in [-0.25, -0.2) is 8.42 Å². The van der Waals surface area contributed by atoms with E-state index in [1.165, 1.54) is 44.1 Å². The Kier molecular flexibility index (Phi) is 5.06. The lowest BCUT2D eigenvalue weighted by atomic mass is 9.48. The molecule has 0 aromatic heterocycles. The highest BCUT2D eigenvalue weighted by atomic mass is 32.2. The highest BCUT2D eigenvalue weighted by Gasteiger charge is 2.51. The molecule has 5 aliphatic rings. The molecule has 0 radical (unpaired) electrons. The van der Waals surface area contributed by atoms with Gasteiger partial charge in [-0.2, -0.15) is 0 Å². The van der Waals surface area contributed by atoms with E-state index in [2.05, 4.69) is 17.4 Å². The number of fused-ring (bicyclic) bond motifs is 1. The van der Waals surface area contributed by atoms with Gasteiger partial charge in [0.1, 0.15) is 6.54 Å². The normalized spacial score (nSPS) is 28.7. The number of hydrogen-bond donors (Lipinski definition) is 1. The molecule has 4 bridgehead atoms. The number of hydrogen-bond acceptors (Lipinski definition) is 5. The van der Waals surface area contributed by atoms with Gasteiger partial charge >= 0.3 is 0 Å². The minimum Gasteiger partial charge on any atom is -0.454 e. The largest absolute Gasteiger partial charge is 0.454 e. The van der Waals surface area contributed by atoms with E-state index in [9.17, 15) is 13.2 Å². The molecule has 0 spiro atoms. The van der Waals surface area contributed by atoms with Crippen LogP contribution in [0.1, 0.15) is 44.1 Å². The van der Waals surface area contributed by atoms with Crippen molar-refractivity contribution in [3.8, 4) is 11.5 Å². The van der Waals surface area contributed by atoms with E-state index in [0.717, 1.165) is 28.3 Å². The summed E-state index contributed by atoms with van der Waals surface area (Å²) in [4.78, 5) is 12.8. The molecule has 1 heterocycles. The third-order valence-corrected chi connectivity index (χ3v) is 9.29. The number of sulfonamides is 1. The lowest BCUT2D eigenvalue weighted by Crippen LogP contribution is -2.48. The van der Waals surface area contributed by atoms with Crippen molar-refractivity contribution in [3.63, 3.8) is 0 Å². The first-order valence-electron chi connectivity index (χ1n) is 12.1. The first-order valence-corrected chi connectivity index (χ1v) is 13.9. The van der Waals surface area contributed by atoms with Gasteiger partial charge in [0.05, 0.1) is 11.9 Å². The van der Waals surface area contributed by atoms with Crippen molar-refractivity contribution < 1.29 is 22.7 Å². The Bertz CT molecular complexity index is 1190. The Labute approximate surface area is 200 Å². The molecule has 8 heteroatoms. The summed E-state index contributed by atoms with van der Waals surface area (Å²) < 4.78 is 36.6. The highest BCUT2D eigenvalue weighted by molar-refractivity contribution is 7.92. The van der Waals surface area contributed by atoms with Crippen LogP contribution >= 0.6 is 0 Å². The fourth-order valence-corrected chi connectivity index (χ4v) is 7.99. The zero-order valence-corrected chi connectivity index (χ0v) is 20.1. The van der Waals surface area contributed by atoms with Gasteiger partial charge in [-0.05, 0) is 91.5 Å². The molecule has 1 amide bonds. The quantitative estimate of drug-likeness (QED) is 0.664. The van der Waals surface area contributed by atoms with Crippen LogP contribution in [0.2, 0.25) is 0 Å². The molecule has 1 N–H and O–H groups in total. The van der Waals surface area contributed by atoms with Crippen molar-refractivity contribution in [2.24, 2.45) is 17.8 Å². The molecule has 4 aliphatic carbocycles. The van der Waals surface area contributed by atoms with Crippen LogP contribution < -0.4 is 19.1 Å². The molecule has 0 atom stereocenters. The maximum absolute atomic E-state index is 12.8. The summed E-state index contributed by atoms with van der Waals surface area (Å²) in [6, 6.07) is 13.1. The minimum absolute atomic E-state index is 0.0946. The molecule has 180 valence electrons. The zero-order valence-electron chi connectivity index (χ0n) is 19.3. The van der Waals surface area contributed by atoms with Gasteiger partial charge in [0, 0.05) is 11.8 Å². The molecule has 0 unspecified atom stereocenters. The van der Waals surface area contributed by atoms with E-state index in [4.69, 9.17) is 9.47 Å². The average Bonchev–Trinajstić information content (AvgIpc) is 3.24. The van der Waals surface area contributed by atoms with E-state index in [1.54, 1.807) is 18.2 Å². The molecular formula is C26H30N2O5S. The summed E-state index contributed by atoms with van der Waals surface area (Å²) in [6.45, 7) is -0.230. The molecular weight excluding hydrogens is 452 g/mol. The number of ether oxygens (including phenoxy) is 2. The van der Waals surface area contributed by atoms with Crippen LogP contribution in [0.3, 0.4) is 0 Å². The smallest absolute Gasteiger partial charge is 0.245 e. The molecule has 4 fully saturated rings. The number of benzene rings is 2. The summed E-state index contributed by atoms with van der Waals surface area (Å²) in [5.74, 6) is 3.26. The van der Waals surface area contributed by atoms with E-state index in [-0.39, 0.29) is 13.3 Å². The van der Waals surface area contributed by atoms with Crippen molar-refractivity contribution >= 4 is 27.3 Å². The second-order valence-electron chi connectivity index (χ2n) is 10.6. The van der Waals surface area contributed by atoms with Crippen LogP contribution in [0.4, 0.5) is 11.4 Å². The molecule has 7 rings (SSSR count). The van der Waals surface area contributed by atoms with Crippen LogP contribution in [0.15, 0.2) is 42.5 Å². The summed E-state index contributed by atoms with van der Waals surface area (Å²) in [7, 11) is -3.68. The molecule has 4 saturated carbocycles. The third-order valence-electron chi connectivity index (χ3n) is 8.15. The van der Waals surface area contributed by atoms with Crippen molar-refractivity contribution in [1.82, 2.24) is 0 Å². The fourth-order valence-electron chi connectivity index (χ4n) is 7.14. The molecule has 0 saturated heterocycles. The van der Waals surface area contributed by atoms with Crippen LogP contribution in [0.25, 0.3) is 0 Å². The summed E-state index contributed by atoms with van der Waals surface area (Å²) in [6.07, 6.45) is 9.20. The molecule has 1 aliphatic heterocycles. The lowest BCUT2D eigenvalue weighted by Gasteiger charge is -2.57. The zero-order chi connectivity index (χ0) is 23.5. The van der Waals surface area contributed by atoms with Crippen LogP contribution in [-0.4, -0.2) is 33.9 Å². The number of carbonyl (C=O) groups is 1. The van der Waals surface area contributed by atoms with E-state index in [1.807, 2.05) is 12.1 Å². The number of nitrogens with zero attached hydrogens (tertiary/aromatic N) is 1. The summed E-state index contributed by atoms with van der Waals surface area (Å²) in [5.41, 5.74) is 2.74. The predicted molar refractivity (Wildman–Crippen MR) is 130 cm³/mol. The molecule has 2 aromatic carbocycles. The number of carbonyl (C=O) groups excluding carboxylic acids is 1. The maximum atomic E-state index is 12.8. The second-order valence-corrected chi connectivity index (χ2v) is 12.5. The maximum Gasteiger partial charge on any atom is 0.245 e. The van der Waals surface area contributed by atoms with Gasteiger partial charge < -0.3 is 14.8 Å². The Hall–Kier alpha value is -2.74. The van der Waals surface area contributed by atoms with Gasteiger partial charge in [-0.15, -0.1) is 0 Å². The minimum atomic E-state index is -3.68. The summed E-state index contributed by atoms with van der Waals surface area (Å²) in [5, 5.41) is 2.87. The van der Waals surface area contributed by atoms with E-state index in [0.29, 0.717) is 28.3 Å². The number of amides is 1. The van der Waals surface area contributed by atoms with Gasteiger partial charge in [-0.1, -0.05) is 12.1 Å². The van der Waals surface area contributed by atoms with Gasteiger partial charge in [0.15, 0.2) is 11.5 Å². The lowest BCUT2D eigenvalue weighted by molar-refractivity contribution is -0.114. The van der Waals surface area contributed by atoms with Crippen molar-refractivity contribution in [2.45, 2.75) is 43.9 Å². The first-order chi connectivity index (χ1) is 16.3. The molecule has 34 heavy (non-hydrogen) atoms. The van der Waals surface area contributed by atoms with Gasteiger partial charge in [0.2, 0.25) is 22.7 Å². The van der Waals surface area contributed by atoms with Crippen molar-refractivity contribution in [2.75, 3.05) is 29.2 Å². The first kappa shape index (κ1) is 21.8. The molecule has 7 nitrogen and oxygen atoms in total. The monoisotopic (exact) mass is 482 g/mol. The third kappa shape index (κ3) is 3.91. The van der Waals surface area contributed by atoms with Crippen molar-refractivity contribution in [3.05, 3.63) is 48.0 Å². The molecule has 2 aromatic rings. The van der Waals surface area contributed by atoms with Crippen LogP contribution in [0.5, 0.6) is 11.5 Å². The fraction of sp³-hybridized carbons (Fsp3) is 0.500. The standard InChI is InChI=1S/C26H30N2O5S/c1-34(30,31)28(22-6-7-23-24(11-22)33-16-32-23)15-25(29)27-21-4-2-20(3-5-21)26-12-17-8-18(13-26)10-19(9-17)14-26/h2-7,11,17-19H,8-10,12-16H2,1H3,(H,27,29). The topological polar surface area (TPSA) is 84.9 Å². The Balaban J connectivity index is 1.16. The van der Waals surface area contributed by atoms with Crippen molar-refractivity contribution in [1.29, 1.82) is 0 Å². The number of anilines is 2. The SMILES string of the molecule is CS(=O)(=O)N(CC(=O)Nc1ccc(C23CC4CC(CC(C4)C2)C3)cc1)c1ccc2c(c1)OCO2. The Morgan fingerprint density at radius 1 is 0.971 bits per heavy atom. The van der Waals surface area contributed by atoms with Gasteiger partial charge in [-0.3, -0.25) is 9.10 Å². The number of rotatable bonds is 6. The second kappa shape index (κ2) is 7.90. The average molecular weight is 483 g/mol. The number of nitrogens with one attached hydrogen (secondary N) is 1. The van der Waals surface area contributed by atoms with E-state index < -0.39 is 15.9 Å². The Morgan fingerprint density at radius 3 is 2.21 bits per heavy atom. The van der Waals surface area contributed by atoms with Gasteiger partial charge in [0.25, 0.3) is 0 Å². The highest BCUT2D eigenvalue weighted by Crippen LogP contribution is 2.60. The van der Waals surface area contributed by atoms with Crippen LogP contribution in [0, 0.1) is 17.8 Å². The Morgan fingerprint density at radius 2 is 1.59 bits per heavy atom. The summed E-state index contributed by atoms with van der Waals surface area (Å²) >= 11 is 0.